The maximum absolute atomic E-state index is 15.4. The molecule has 2 fully saturated rings. The van der Waals surface area contributed by atoms with Gasteiger partial charge in [0, 0.05) is 56.3 Å². The van der Waals surface area contributed by atoms with E-state index in [1.165, 1.54) is 41.8 Å². The number of benzene rings is 2. The van der Waals surface area contributed by atoms with E-state index in [1.807, 2.05) is 58.2 Å². The average Bonchev–Trinajstić information content (AvgIpc) is 4.15. The van der Waals surface area contributed by atoms with Gasteiger partial charge in [-0.05, 0) is 95.4 Å². The van der Waals surface area contributed by atoms with Crippen molar-refractivity contribution in [2.45, 2.75) is 155 Å². The van der Waals surface area contributed by atoms with Crippen LogP contribution in [0.15, 0.2) is 72.6 Å². The number of ether oxygens (including phenoxy) is 1. The second kappa shape index (κ2) is 23.4. The number of carbonyl (C=O) groups excluding carboxylic acids is 7. The van der Waals surface area contributed by atoms with Gasteiger partial charge in [0.25, 0.3) is 0 Å². The van der Waals surface area contributed by atoms with Crippen molar-refractivity contribution in [3.05, 3.63) is 93.8 Å². The summed E-state index contributed by atoms with van der Waals surface area (Å²) in [4.78, 5) is 118. The monoisotopic (exact) mass is 1020 g/mol. The molecule has 6 rings (SSSR count). The molecule has 5 N–H and O–H groups in total. The van der Waals surface area contributed by atoms with Crippen LogP contribution in [0, 0.1) is 22.0 Å². The summed E-state index contributed by atoms with van der Waals surface area (Å²) in [6, 6.07) is 2.35. The van der Waals surface area contributed by atoms with Crippen molar-refractivity contribution < 1.29 is 48.3 Å². The minimum atomic E-state index is -1.50. The average molecular weight is 1020 g/mol. The zero-order valence-corrected chi connectivity index (χ0v) is 44.3. The van der Waals surface area contributed by atoms with Crippen molar-refractivity contribution in [3.8, 4) is 5.75 Å². The minimum Gasteiger partial charge on any atom is -0.502 e. The van der Waals surface area contributed by atoms with Crippen LogP contribution in [0.3, 0.4) is 0 Å². The first-order valence-electron chi connectivity index (χ1n) is 25.4. The van der Waals surface area contributed by atoms with Gasteiger partial charge in [0.2, 0.25) is 41.4 Å². The van der Waals surface area contributed by atoms with E-state index in [0.717, 1.165) is 23.0 Å². The van der Waals surface area contributed by atoms with Gasteiger partial charge in [-0.2, -0.15) is 0 Å². The molecule has 2 saturated heterocycles. The molecule has 2 unspecified atom stereocenters. The van der Waals surface area contributed by atoms with Crippen molar-refractivity contribution in [2.24, 2.45) is 11.8 Å². The molecule has 20 heteroatoms. The standard InChI is InChI=1S/C54H73N9O11/c1-12-13-17-37-47(65)58-39(26-35-28-62(54(8,9)46-29-74-46)40-18-15-14-16-36(35)40)52(70)59(10)42(21-30(2)3)49(67)57-38(24-34-19-20-45(64)41(25-34)63(72)73)48(66)55-33(7)51(69)60(11)44-23-32(6)27-61(53(44)71)43(22-31(4)5)50(68)56-37/h12-16,18-20,25,27-28,30-31,33,37-39,42-44,46,64H,17,21-24,26,29H2,1-11H3,(H,55,66)(H,56,68)(H,57,67)(H,58,65)/b13-12+/t33-,37-,38-,39-,42-,43-,44?,46?/m0/s1. The molecular weight excluding hydrogens is 951 g/mol. The Balaban J connectivity index is 1.50. The number of hydrogen-bond acceptors (Lipinski definition) is 11. The number of nitro groups is 1. The molecule has 3 aliphatic rings. The van der Waals surface area contributed by atoms with E-state index in [4.69, 9.17) is 4.74 Å². The molecule has 400 valence electrons. The highest BCUT2D eigenvalue weighted by molar-refractivity contribution is 5.99. The fraction of sp³-hybridized carbons (Fsp3) is 0.537. The maximum Gasteiger partial charge on any atom is 0.310 e. The minimum absolute atomic E-state index is 0.0136. The smallest absolute Gasteiger partial charge is 0.310 e. The second-order valence-electron chi connectivity index (χ2n) is 21.4. The van der Waals surface area contributed by atoms with Crippen molar-refractivity contribution in [2.75, 3.05) is 20.7 Å². The van der Waals surface area contributed by atoms with Gasteiger partial charge in [0.1, 0.15) is 48.4 Å². The van der Waals surface area contributed by atoms with E-state index < -0.39 is 106 Å². The van der Waals surface area contributed by atoms with Gasteiger partial charge in [-0.1, -0.05) is 69.7 Å². The van der Waals surface area contributed by atoms with Gasteiger partial charge in [-0.3, -0.25) is 43.7 Å². The molecule has 8 atom stereocenters. The summed E-state index contributed by atoms with van der Waals surface area (Å²) in [5.41, 5.74) is 1.30. The zero-order valence-electron chi connectivity index (χ0n) is 44.3. The summed E-state index contributed by atoms with van der Waals surface area (Å²) in [5.74, 6) is -5.81. The Morgan fingerprint density at radius 3 is 2.05 bits per heavy atom. The number of para-hydroxylation sites is 1. The lowest BCUT2D eigenvalue weighted by Gasteiger charge is -2.39. The van der Waals surface area contributed by atoms with Crippen molar-refractivity contribution in [1.82, 2.24) is 40.5 Å². The highest BCUT2D eigenvalue weighted by Crippen LogP contribution is 2.36. The fourth-order valence-electron chi connectivity index (χ4n) is 9.90. The predicted molar refractivity (Wildman–Crippen MR) is 277 cm³/mol. The Hall–Kier alpha value is -7.09. The molecule has 7 amide bonds. The summed E-state index contributed by atoms with van der Waals surface area (Å²) in [6.07, 6.45) is 6.88. The van der Waals surface area contributed by atoms with Gasteiger partial charge < -0.3 is 50.4 Å². The van der Waals surface area contributed by atoms with Crippen molar-refractivity contribution in [1.29, 1.82) is 0 Å². The number of nitrogens with one attached hydrogen (secondary N) is 4. The van der Waals surface area contributed by atoms with Gasteiger partial charge in [-0.25, -0.2) is 0 Å². The highest BCUT2D eigenvalue weighted by atomic mass is 16.6. The molecule has 0 saturated carbocycles. The van der Waals surface area contributed by atoms with E-state index in [2.05, 4.69) is 39.7 Å². The van der Waals surface area contributed by atoms with E-state index in [0.29, 0.717) is 17.7 Å². The largest absolute Gasteiger partial charge is 0.502 e. The number of epoxide rings is 1. The molecule has 0 spiro atoms. The lowest BCUT2D eigenvalue weighted by Crippen LogP contribution is -2.60. The summed E-state index contributed by atoms with van der Waals surface area (Å²) in [6.45, 7) is 17.1. The first kappa shape index (κ1) is 56.2. The number of aromatic hydroxyl groups is 1. The summed E-state index contributed by atoms with van der Waals surface area (Å²) in [5, 5.41) is 34.3. The van der Waals surface area contributed by atoms with Crippen LogP contribution in [0.2, 0.25) is 0 Å². The first-order chi connectivity index (χ1) is 34.8. The number of amides is 7. The first-order valence-corrected chi connectivity index (χ1v) is 25.4. The number of nitrogens with zero attached hydrogens (tertiary/aromatic N) is 5. The topological polar surface area (TPSA) is 258 Å². The molecule has 2 aromatic carbocycles. The SMILES string of the molecule is C/C=C/C[C@@H]1NC(=O)[C@H](CC(C)C)N2C=C(C)CC(C2=O)N(C)C(=O)[C@H](C)NC(=O)[C@H](Cc2ccc(O)c([N+](=O)[O-])c2)NC(=O)[C@H](CC(C)C)N(C)C(=O)[C@H](Cc2cn(C(C)(C)C3CO3)c3ccccc23)NC1=O. The second-order valence-corrected chi connectivity index (χ2v) is 21.4. The van der Waals surface area contributed by atoms with Gasteiger partial charge in [-0.15, -0.1) is 0 Å². The number of likely N-dealkylation sites (N-methyl/N-ethyl adjacent to an activating group) is 2. The number of rotatable bonds is 13. The number of phenolic OH excluding ortho intramolecular Hbond substituents is 1. The maximum atomic E-state index is 15.4. The number of allylic oxidation sites excluding steroid dienone is 1. The molecule has 1 aromatic heterocycles. The normalized spacial score (nSPS) is 25.2. The number of carbonyl (C=O) groups is 7. The third-order valence-corrected chi connectivity index (χ3v) is 14.2. The predicted octanol–water partition coefficient (Wildman–Crippen LogP) is 4.36. The summed E-state index contributed by atoms with van der Waals surface area (Å²) >= 11 is 0. The molecule has 74 heavy (non-hydrogen) atoms. The van der Waals surface area contributed by atoms with Crippen LogP contribution in [0.5, 0.6) is 5.75 Å². The van der Waals surface area contributed by atoms with Crippen LogP contribution in [0.4, 0.5) is 5.69 Å². The zero-order chi connectivity index (χ0) is 54.5. The lowest BCUT2D eigenvalue weighted by molar-refractivity contribution is -0.385. The molecule has 0 aliphatic carbocycles. The number of phenols is 1. The van der Waals surface area contributed by atoms with E-state index in [9.17, 15) is 44.0 Å². The fourth-order valence-corrected chi connectivity index (χ4v) is 9.90. The molecule has 2 bridgehead atoms. The van der Waals surface area contributed by atoms with Crippen molar-refractivity contribution in [3.63, 3.8) is 0 Å². The third-order valence-electron chi connectivity index (χ3n) is 14.2. The van der Waals surface area contributed by atoms with Crippen LogP contribution in [-0.2, 0) is 56.7 Å². The van der Waals surface area contributed by atoms with Gasteiger partial charge in [0.05, 0.1) is 17.1 Å². The molecule has 0 radical (unpaired) electrons. The number of fused-ring (bicyclic) bond motifs is 3. The highest BCUT2D eigenvalue weighted by Gasteiger charge is 2.44. The number of nitro benzene ring substituents is 1. The Kier molecular flexibility index (Phi) is 17.8. The molecule has 4 heterocycles. The van der Waals surface area contributed by atoms with Gasteiger partial charge in [0.15, 0.2) is 5.75 Å². The Bertz CT molecular complexity index is 2710. The Labute approximate surface area is 432 Å². The van der Waals surface area contributed by atoms with E-state index in [1.54, 1.807) is 32.2 Å². The molecule has 3 aliphatic heterocycles. The van der Waals surface area contributed by atoms with Crippen LogP contribution >= 0.6 is 0 Å². The molecular formula is C54H73N9O11. The van der Waals surface area contributed by atoms with Crippen LogP contribution in [0.1, 0.15) is 99.1 Å². The Morgan fingerprint density at radius 1 is 0.811 bits per heavy atom. The van der Waals surface area contributed by atoms with Crippen LogP contribution in [-0.4, -0.2) is 140 Å². The van der Waals surface area contributed by atoms with Gasteiger partial charge >= 0.3 is 5.69 Å². The van der Waals surface area contributed by atoms with E-state index >= 15 is 4.79 Å². The van der Waals surface area contributed by atoms with Crippen molar-refractivity contribution >= 4 is 57.9 Å². The van der Waals surface area contributed by atoms with Crippen LogP contribution in [0.25, 0.3) is 10.9 Å². The third kappa shape index (κ3) is 12.8. The quantitative estimate of drug-likeness (QED) is 0.0696. The molecule has 3 aromatic rings. The summed E-state index contributed by atoms with van der Waals surface area (Å²) < 4.78 is 7.86. The van der Waals surface area contributed by atoms with E-state index in [-0.39, 0.29) is 62.0 Å². The summed E-state index contributed by atoms with van der Waals surface area (Å²) in [7, 11) is 2.85. The molecule has 20 nitrogen and oxygen atoms in total. The Morgan fingerprint density at radius 2 is 1.42 bits per heavy atom. The van der Waals surface area contributed by atoms with Crippen LogP contribution < -0.4 is 21.3 Å². The lowest BCUT2D eigenvalue weighted by atomic mass is 9.95. The number of hydrogen-bond donors (Lipinski definition) is 5. The number of aromatic nitrogens is 1.